The molecule has 0 aliphatic heterocycles. The second-order valence-corrected chi connectivity index (χ2v) is 2.38. The summed E-state index contributed by atoms with van der Waals surface area (Å²) in [6, 6.07) is 5.56. The molecule has 0 aliphatic rings. The molecule has 0 N–H and O–H groups in total. The predicted molar refractivity (Wildman–Crippen MR) is 47.8 cm³/mol. The third-order valence-electron chi connectivity index (χ3n) is 1.55. The molecule has 0 amide bonds. The van der Waals surface area contributed by atoms with Crippen LogP contribution in [0.3, 0.4) is 0 Å². The maximum atomic E-state index is 10.3. The molecule has 0 fully saturated rings. The SMILES string of the molecule is C=C([C]=O)c1ccc([N+](=O)[O-])cc1. The van der Waals surface area contributed by atoms with Gasteiger partial charge >= 0.3 is 0 Å². The molecule has 1 aromatic rings. The Morgan fingerprint density at radius 1 is 1.38 bits per heavy atom. The highest BCUT2D eigenvalue weighted by atomic mass is 16.6. The van der Waals surface area contributed by atoms with E-state index in [2.05, 4.69) is 6.58 Å². The summed E-state index contributed by atoms with van der Waals surface area (Å²) in [5.41, 5.74) is 0.720. The third kappa shape index (κ3) is 1.99. The van der Waals surface area contributed by atoms with Gasteiger partial charge in [0, 0.05) is 17.7 Å². The zero-order valence-corrected chi connectivity index (χ0v) is 6.69. The van der Waals surface area contributed by atoms with Gasteiger partial charge in [-0.05, 0) is 17.7 Å². The number of hydrogen-bond acceptors (Lipinski definition) is 3. The quantitative estimate of drug-likeness (QED) is 0.400. The van der Waals surface area contributed by atoms with Gasteiger partial charge in [0.25, 0.3) is 5.69 Å². The molecule has 0 heterocycles. The van der Waals surface area contributed by atoms with E-state index < -0.39 is 4.92 Å². The van der Waals surface area contributed by atoms with E-state index in [1.54, 1.807) is 6.29 Å². The Bertz CT molecular complexity index is 354. The molecule has 1 rings (SSSR count). The molecule has 1 aromatic carbocycles. The summed E-state index contributed by atoms with van der Waals surface area (Å²) in [5, 5.41) is 10.3. The lowest BCUT2D eigenvalue weighted by Gasteiger charge is -1.95. The second-order valence-electron chi connectivity index (χ2n) is 2.38. The molecule has 1 radical (unpaired) electrons. The molecule has 0 bridgehead atoms. The first-order valence-corrected chi connectivity index (χ1v) is 3.47. The summed E-state index contributed by atoms with van der Waals surface area (Å²) in [6.45, 7) is 3.42. The van der Waals surface area contributed by atoms with Crippen molar-refractivity contribution in [3.63, 3.8) is 0 Å². The van der Waals surface area contributed by atoms with Crippen molar-refractivity contribution in [3.8, 4) is 0 Å². The van der Waals surface area contributed by atoms with Gasteiger partial charge in [0.1, 0.15) is 0 Å². The fourth-order valence-corrected chi connectivity index (χ4v) is 0.843. The van der Waals surface area contributed by atoms with Crippen LogP contribution in [-0.2, 0) is 4.79 Å². The predicted octanol–water partition coefficient (Wildman–Crippen LogP) is 1.72. The van der Waals surface area contributed by atoms with E-state index in [1.807, 2.05) is 0 Å². The Hall–Kier alpha value is -1.97. The van der Waals surface area contributed by atoms with Gasteiger partial charge in [-0.25, -0.2) is 0 Å². The number of nitrogens with zero attached hydrogens (tertiary/aromatic N) is 1. The molecular formula is C9H6NO3. The van der Waals surface area contributed by atoms with E-state index in [0.717, 1.165) is 0 Å². The van der Waals surface area contributed by atoms with Crippen LogP contribution in [0.15, 0.2) is 30.8 Å². The van der Waals surface area contributed by atoms with E-state index in [4.69, 9.17) is 0 Å². The lowest BCUT2D eigenvalue weighted by Crippen LogP contribution is -1.88. The van der Waals surface area contributed by atoms with Gasteiger partial charge in [0.15, 0.2) is 0 Å². The van der Waals surface area contributed by atoms with Crippen molar-refractivity contribution in [2.75, 3.05) is 0 Å². The van der Waals surface area contributed by atoms with Crippen LogP contribution < -0.4 is 0 Å². The van der Waals surface area contributed by atoms with Gasteiger partial charge in [-0.1, -0.05) is 6.58 Å². The lowest BCUT2D eigenvalue weighted by atomic mass is 10.1. The van der Waals surface area contributed by atoms with Crippen LogP contribution in [-0.4, -0.2) is 11.2 Å². The highest BCUT2D eigenvalue weighted by Gasteiger charge is 2.04. The Labute approximate surface area is 74.7 Å². The molecule has 0 unspecified atom stereocenters. The maximum Gasteiger partial charge on any atom is 0.269 e. The van der Waals surface area contributed by atoms with Crippen molar-refractivity contribution in [1.29, 1.82) is 0 Å². The first-order valence-electron chi connectivity index (χ1n) is 3.47. The Balaban J connectivity index is 3.00. The van der Waals surface area contributed by atoms with E-state index in [9.17, 15) is 14.9 Å². The van der Waals surface area contributed by atoms with E-state index in [-0.39, 0.29) is 11.3 Å². The van der Waals surface area contributed by atoms with Crippen molar-refractivity contribution in [1.82, 2.24) is 0 Å². The highest BCUT2D eigenvalue weighted by Crippen LogP contribution is 2.15. The molecule has 0 atom stereocenters. The standard InChI is InChI=1S/C9H6NO3/c1-7(6-11)8-2-4-9(5-3-8)10(12)13/h2-5H,1H2. The Morgan fingerprint density at radius 3 is 2.31 bits per heavy atom. The molecule has 0 aromatic heterocycles. The average molecular weight is 176 g/mol. The van der Waals surface area contributed by atoms with Gasteiger partial charge in [-0.3, -0.25) is 14.9 Å². The second kappa shape index (κ2) is 3.62. The van der Waals surface area contributed by atoms with Gasteiger partial charge in [0.2, 0.25) is 6.29 Å². The minimum absolute atomic E-state index is 0.0116. The van der Waals surface area contributed by atoms with Crippen LogP contribution >= 0.6 is 0 Å². The zero-order valence-electron chi connectivity index (χ0n) is 6.69. The van der Waals surface area contributed by atoms with Crippen molar-refractivity contribution in [3.05, 3.63) is 46.5 Å². The molecule has 4 nitrogen and oxygen atoms in total. The van der Waals surface area contributed by atoms with Crippen LogP contribution in [0.4, 0.5) is 5.69 Å². The molecule has 0 saturated heterocycles. The lowest BCUT2D eigenvalue weighted by molar-refractivity contribution is -0.384. The van der Waals surface area contributed by atoms with E-state index in [0.29, 0.717) is 5.56 Å². The summed E-state index contributed by atoms with van der Waals surface area (Å²) in [5.74, 6) is 0. The minimum atomic E-state index is -0.503. The molecular weight excluding hydrogens is 170 g/mol. The average Bonchev–Trinajstić information content (AvgIpc) is 2.17. The number of benzene rings is 1. The Kier molecular flexibility index (Phi) is 2.54. The summed E-state index contributed by atoms with van der Waals surface area (Å²) < 4.78 is 0. The maximum absolute atomic E-state index is 10.3. The largest absolute Gasteiger partial charge is 0.285 e. The first-order chi connectivity index (χ1) is 6.15. The van der Waals surface area contributed by atoms with Crippen LogP contribution in [0.25, 0.3) is 5.57 Å². The van der Waals surface area contributed by atoms with Gasteiger partial charge in [-0.2, -0.15) is 0 Å². The molecule has 0 aliphatic carbocycles. The number of nitro benzene ring substituents is 1. The van der Waals surface area contributed by atoms with Crippen molar-refractivity contribution < 1.29 is 9.72 Å². The van der Waals surface area contributed by atoms with Crippen molar-refractivity contribution in [2.24, 2.45) is 0 Å². The third-order valence-corrected chi connectivity index (χ3v) is 1.55. The highest BCUT2D eigenvalue weighted by molar-refractivity contribution is 6.06. The van der Waals surface area contributed by atoms with Crippen LogP contribution in [0.1, 0.15) is 5.56 Å². The van der Waals surface area contributed by atoms with Crippen LogP contribution in [0, 0.1) is 10.1 Å². The van der Waals surface area contributed by atoms with Crippen molar-refractivity contribution >= 4 is 17.5 Å². The number of non-ortho nitro benzene ring substituents is 1. The van der Waals surface area contributed by atoms with E-state index >= 15 is 0 Å². The number of carbonyl (C=O) groups excluding carboxylic acids is 1. The smallest absolute Gasteiger partial charge is 0.269 e. The molecule has 13 heavy (non-hydrogen) atoms. The summed E-state index contributed by atoms with van der Waals surface area (Å²) >= 11 is 0. The number of rotatable bonds is 3. The fraction of sp³-hybridized carbons (Fsp3) is 0. The fourth-order valence-electron chi connectivity index (χ4n) is 0.843. The number of hydrogen-bond donors (Lipinski definition) is 0. The molecule has 0 spiro atoms. The molecule has 65 valence electrons. The number of allylic oxidation sites excluding steroid dienone is 1. The van der Waals surface area contributed by atoms with Gasteiger partial charge < -0.3 is 0 Å². The monoisotopic (exact) mass is 176 g/mol. The van der Waals surface area contributed by atoms with Gasteiger partial charge in [0.05, 0.1) is 4.92 Å². The summed E-state index contributed by atoms with van der Waals surface area (Å²) in [4.78, 5) is 19.9. The summed E-state index contributed by atoms with van der Waals surface area (Å²) in [7, 11) is 0. The normalized spacial score (nSPS) is 9.23. The Morgan fingerprint density at radius 2 is 1.92 bits per heavy atom. The topological polar surface area (TPSA) is 60.2 Å². The zero-order chi connectivity index (χ0) is 9.84. The van der Waals surface area contributed by atoms with Gasteiger partial charge in [-0.15, -0.1) is 0 Å². The van der Waals surface area contributed by atoms with Crippen molar-refractivity contribution in [2.45, 2.75) is 0 Å². The van der Waals surface area contributed by atoms with E-state index in [1.165, 1.54) is 24.3 Å². The minimum Gasteiger partial charge on any atom is -0.285 e. The first kappa shape index (κ1) is 9.12. The molecule has 4 heteroatoms. The molecule has 0 saturated carbocycles. The van der Waals surface area contributed by atoms with Crippen LogP contribution in [0.2, 0.25) is 0 Å². The number of nitro groups is 1. The van der Waals surface area contributed by atoms with Crippen LogP contribution in [0.5, 0.6) is 0 Å². The summed E-state index contributed by atoms with van der Waals surface area (Å²) in [6.07, 6.45) is 1.62.